The maximum atomic E-state index is 13.9. The summed E-state index contributed by atoms with van der Waals surface area (Å²) < 4.78 is 40.3. The molecule has 1 atom stereocenters. The van der Waals surface area contributed by atoms with Crippen LogP contribution in [0, 0.1) is 11.6 Å². The summed E-state index contributed by atoms with van der Waals surface area (Å²) in [6.45, 7) is 1.26. The van der Waals surface area contributed by atoms with Crippen LogP contribution in [0.1, 0.15) is 19.3 Å². The Labute approximate surface area is 217 Å². The summed E-state index contributed by atoms with van der Waals surface area (Å²) in [6.07, 6.45) is 7.93. The highest BCUT2D eigenvalue weighted by Gasteiger charge is 2.18. The standard InChI is InChI=1S/C26H27F2N7O3/c1-37-18-9-21-24(22(10-18)38-14-16-5-2-3-8-29-16)26(31-15-30-21)33-17-11-32-35(12-17)13-23(36)34-20-7-4-6-19(27)25(20)28/h4,6-7,9-12,15-16,29H,2-3,5,8,13-14H2,1H3,(H,34,36)(H,30,31,33)/t16-/m1/s1. The van der Waals surface area contributed by atoms with Gasteiger partial charge in [-0.1, -0.05) is 12.5 Å². The van der Waals surface area contributed by atoms with Gasteiger partial charge in [0.2, 0.25) is 5.91 Å². The van der Waals surface area contributed by atoms with E-state index in [0.717, 1.165) is 31.9 Å². The highest BCUT2D eigenvalue weighted by Crippen LogP contribution is 2.35. The van der Waals surface area contributed by atoms with Crippen molar-refractivity contribution in [3.05, 3.63) is 60.7 Å². The van der Waals surface area contributed by atoms with Crippen LogP contribution in [0.15, 0.2) is 49.1 Å². The third-order valence-electron chi connectivity index (χ3n) is 6.19. The molecule has 1 aliphatic heterocycles. The number of fused-ring (bicyclic) bond motifs is 1. The maximum absolute atomic E-state index is 13.9. The van der Waals surface area contributed by atoms with Crippen molar-refractivity contribution in [3.8, 4) is 11.5 Å². The minimum Gasteiger partial charge on any atom is -0.497 e. The predicted octanol–water partition coefficient (Wildman–Crippen LogP) is 4.02. The zero-order valence-electron chi connectivity index (χ0n) is 20.7. The first-order valence-corrected chi connectivity index (χ1v) is 12.2. The molecule has 0 spiro atoms. The second-order valence-electron chi connectivity index (χ2n) is 8.90. The van der Waals surface area contributed by atoms with Gasteiger partial charge in [0.25, 0.3) is 0 Å². The number of anilines is 3. The Morgan fingerprint density at radius 3 is 2.95 bits per heavy atom. The molecule has 0 unspecified atom stereocenters. The van der Waals surface area contributed by atoms with Crippen LogP contribution in [-0.4, -0.2) is 52.0 Å². The predicted molar refractivity (Wildman–Crippen MR) is 138 cm³/mol. The number of rotatable bonds is 9. The summed E-state index contributed by atoms with van der Waals surface area (Å²) in [6, 6.07) is 7.44. The number of piperidine rings is 1. The lowest BCUT2D eigenvalue weighted by atomic mass is 10.1. The van der Waals surface area contributed by atoms with Gasteiger partial charge in [0, 0.05) is 24.4 Å². The Hall–Kier alpha value is -4.32. The van der Waals surface area contributed by atoms with Crippen LogP contribution >= 0.6 is 0 Å². The van der Waals surface area contributed by atoms with Crippen LogP contribution in [0.4, 0.5) is 26.0 Å². The van der Waals surface area contributed by atoms with Gasteiger partial charge in [-0.25, -0.2) is 18.7 Å². The summed E-state index contributed by atoms with van der Waals surface area (Å²) in [5.41, 5.74) is 0.960. The van der Waals surface area contributed by atoms with E-state index in [0.29, 0.717) is 40.5 Å². The molecule has 2 aromatic carbocycles. The van der Waals surface area contributed by atoms with Gasteiger partial charge in [0.15, 0.2) is 11.6 Å². The molecule has 4 aromatic rings. The molecule has 198 valence electrons. The number of nitrogens with zero attached hydrogens (tertiary/aromatic N) is 4. The maximum Gasteiger partial charge on any atom is 0.246 e. The third kappa shape index (κ3) is 5.80. The van der Waals surface area contributed by atoms with E-state index >= 15 is 0 Å². The molecule has 1 amide bonds. The molecule has 38 heavy (non-hydrogen) atoms. The van der Waals surface area contributed by atoms with Crippen molar-refractivity contribution < 1.29 is 23.0 Å². The number of carbonyl (C=O) groups is 1. The van der Waals surface area contributed by atoms with E-state index in [-0.39, 0.29) is 18.3 Å². The molecule has 0 bridgehead atoms. The minimum absolute atomic E-state index is 0.206. The van der Waals surface area contributed by atoms with Crippen LogP contribution < -0.4 is 25.4 Å². The lowest BCUT2D eigenvalue weighted by Crippen LogP contribution is -2.38. The molecule has 0 aliphatic carbocycles. The van der Waals surface area contributed by atoms with E-state index in [1.54, 1.807) is 25.4 Å². The molecule has 10 nitrogen and oxygen atoms in total. The first kappa shape index (κ1) is 25.3. The number of carbonyl (C=O) groups excluding carboxylic acids is 1. The molecule has 1 fully saturated rings. The molecule has 0 radical (unpaired) electrons. The smallest absolute Gasteiger partial charge is 0.246 e. The summed E-state index contributed by atoms with van der Waals surface area (Å²) in [7, 11) is 1.58. The van der Waals surface area contributed by atoms with E-state index in [1.807, 2.05) is 0 Å². The molecular formula is C26H27F2N7O3. The van der Waals surface area contributed by atoms with Gasteiger partial charge in [-0.15, -0.1) is 0 Å². The van der Waals surface area contributed by atoms with Crippen molar-refractivity contribution in [2.24, 2.45) is 0 Å². The van der Waals surface area contributed by atoms with Gasteiger partial charge in [-0.2, -0.15) is 5.10 Å². The van der Waals surface area contributed by atoms with Crippen molar-refractivity contribution in [3.63, 3.8) is 0 Å². The molecule has 5 rings (SSSR count). The minimum atomic E-state index is -1.12. The first-order chi connectivity index (χ1) is 18.5. The number of halogens is 2. The van der Waals surface area contributed by atoms with E-state index in [2.05, 4.69) is 31.0 Å². The lowest BCUT2D eigenvalue weighted by molar-refractivity contribution is -0.116. The van der Waals surface area contributed by atoms with Crippen molar-refractivity contribution in [1.29, 1.82) is 0 Å². The second kappa shape index (κ2) is 11.4. The largest absolute Gasteiger partial charge is 0.497 e. The Bertz CT molecular complexity index is 1440. The average molecular weight is 524 g/mol. The van der Waals surface area contributed by atoms with Crippen LogP contribution in [0.2, 0.25) is 0 Å². The number of hydrogen-bond acceptors (Lipinski definition) is 8. The van der Waals surface area contributed by atoms with Crippen molar-refractivity contribution in [1.82, 2.24) is 25.1 Å². The highest BCUT2D eigenvalue weighted by molar-refractivity contribution is 5.96. The van der Waals surface area contributed by atoms with Crippen LogP contribution in [0.25, 0.3) is 10.9 Å². The Kier molecular flexibility index (Phi) is 7.59. The number of ether oxygens (including phenoxy) is 2. The summed E-state index contributed by atoms with van der Waals surface area (Å²) >= 11 is 0. The quantitative estimate of drug-likeness (QED) is 0.301. The first-order valence-electron chi connectivity index (χ1n) is 12.2. The number of amides is 1. The summed E-state index contributed by atoms with van der Waals surface area (Å²) in [5.74, 6) is -1.03. The molecular weight excluding hydrogens is 496 g/mol. The van der Waals surface area contributed by atoms with Gasteiger partial charge in [0.05, 0.1) is 35.6 Å². The molecule has 3 heterocycles. The molecule has 1 saturated heterocycles. The van der Waals surface area contributed by atoms with Crippen molar-refractivity contribution in [2.75, 3.05) is 30.9 Å². The van der Waals surface area contributed by atoms with Crippen LogP contribution in [0.3, 0.4) is 0 Å². The number of methoxy groups -OCH3 is 1. The average Bonchev–Trinajstić information content (AvgIpc) is 3.36. The van der Waals surface area contributed by atoms with Gasteiger partial charge < -0.3 is 25.4 Å². The SMILES string of the molecule is COc1cc(OC[C@H]2CCCCN2)c2c(Nc3cnn(CC(=O)Nc4cccc(F)c4F)c3)ncnc2c1. The summed E-state index contributed by atoms with van der Waals surface area (Å²) in [5, 5.41) is 13.9. The molecule has 2 aromatic heterocycles. The van der Waals surface area contributed by atoms with Gasteiger partial charge >= 0.3 is 0 Å². The number of benzene rings is 2. The topological polar surface area (TPSA) is 115 Å². The van der Waals surface area contributed by atoms with E-state index in [1.165, 1.54) is 29.3 Å². The molecule has 12 heteroatoms. The lowest BCUT2D eigenvalue weighted by Gasteiger charge is -2.24. The highest BCUT2D eigenvalue weighted by atomic mass is 19.2. The molecule has 1 aliphatic rings. The van der Waals surface area contributed by atoms with Gasteiger partial charge in [-0.05, 0) is 31.5 Å². The van der Waals surface area contributed by atoms with Gasteiger partial charge in [-0.3, -0.25) is 9.48 Å². The Morgan fingerprint density at radius 1 is 1.24 bits per heavy atom. The number of nitrogens with one attached hydrogen (secondary N) is 3. The number of hydrogen-bond donors (Lipinski definition) is 3. The number of aromatic nitrogens is 4. The van der Waals surface area contributed by atoms with Gasteiger partial charge in [0.1, 0.15) is 36.8 Å². The fourth-order valence-electron chi connectivity index (χ4n) is 4.30. The molecule has 3 N–H and O–H groups in total. The van der Waals surface area contributed by atoms with E-state index < -0.39 is 17.5 Å². The summed E-state index contributed by atoms with van der Waals surface area (Å²) in [4.78, 5) is 21.2. The Morgan fingerprint density at radius 2 is 2.13 bits per heavy atom. The normalized spacial score (nSPS) is 15.3. The fourth-order valence-corrected chi connectivity index (χ4v) is 4.30. The second-order valence-corrected chi connectivity index (χ2v) is 8.90. The van der Waals surface area contributed by atoms with E-state index in [4.69, 9.17) is 9.47 Å². The van der Waals surface area contributed by atoms with Crippen LogP contribution in [0.5, 0.6) is 11.5 Å². The van der Waals surface area contributed by atoms with E-state index in [9.17, 15) is 13.6 Å². The zero-order chi connectivity index (χ0) is 26.5. The third-order valence-corrected chi connectivity index (χ3v) is 6.19. The Balaban J connectivity index is 1.33. The van der Waals surface area contributed by atoms with Crippen molar-refractivity contribution >= 4 is 34.0 Å². The zero-order valence-corrected chi connectivity index (χ0v) is 20.7. The van der Waals surface area contributed by atoms with Crippen molar-refractivity contribution in [2.45, 2.75) is 31.8 Å². The van der Waals surface area contributed by atoms with Crippen LogP contribution in [-0.2, 0) is 11.3 Å². The molecule has 0 saturated carbocycles. The monoisotopic (exact) mass is 523 g/mol. The fraction of sp³-hybridized carbons (Fsp3) is 0.308.